The Hall–Kier alpha value is -3.76. The van der Waals surface area contributed by atoms with Gasteiger partial charge >= 0.3 is 12.3 Å². The van der Waals surface area contributed by atoms with Gasteiger partial charge in [0.25, 0.3) is 5.91 Å². The molecular weight excluding hydrogens is 537 g/mol. The Kier molecular flexibility index (Phi) is 8.56. The molecule has 1 aliphatic carbocycles. The van der Waals surface area contributed by atoms with E-state index in [0.717, 1.165) is 36.6 Å². The van der Waals surface area contributed by atoms with Crippen molar-refractivity contribution in [3.8, 4) is 0 Å². The molecule has 2 atom stereocenters. The predicted octanol–water partition coefficient (Wildman–Crippen LogP) is 6.46. The molecule has 1 aliphatic heterocycles. The van der Waals surface area contributed by atoms with E-state index in [1.807, 2.05) is 6.07 Å². The largest absolute Gasteiger partial charge is 0.444 e. The van der Waals surface area contributed by atoms with Crippen LogP contribution >= 0.6 is 0 Å². The Morgan fingerprint density at radius 1 is 1.02 bits per heavy atom. The first-order chi connectivity index (χ1) is 19.1. The minimum absolute atomic E-state index is 0.0251. The number of hydrogen-bond acceptors (Lipinski definition) is 5. The van der Waals surface area contributed by atoms with Crippen molar-refractivity contribution in [2.45, 2.75) is 83.2 Å². The van der Waals surface area contributed by atoms with Gasteiger partial charge in [0.2, 0.25) is 5.91 Å². The topological polar surface area (TPSA) is 91.0 Å². The molecule has 41 heavy (non-hydrogen) atoms. The van der Waals surface area contributed by atoms with Crippen molar-refractivity contribution in [1.29, 1.82) is 0 Å². The van der Waals surface area contributed by atoms with E-state index in [4.69, 9.17) is 4.74 Å². The first-order valence-electron chi connectivity index (χ1n) is 13.8. The number of ether oxygens (including phenoxy) is 1. The number of benzene rings is 2. The van der Waals surface area contributed by atoms with Crippen LogP contribution in [0.15, 0.2) is 36.4 Å². The molecule has 0 unspecified atom stereocenters. The average molecular weight is 575 g/mol. The third-order valence-electron chi connectivity index (χ3n) is 7.53. The van der Waals surface area contributed by atoms with E-state index in [2.05, 4.69) is 10.6 Å². The Labute approximate surface area is 238 Å². The monoisotopic (exact) mass is 574 g/mol. The Balaban J connectivity index is 1.62. The molecule has 0 spiro atoms. The minimum Gasteiger partial charge on any atom is -0.444 e. The highest BCUT2D eigenvalue weighted by atomic mass is 19.4. The van der Waals surface area contributed by atoms with Gasteiger partial charge in [0.05, 0.1) is 17.2 Å². The second kappa shape index (κ2) is 11.6. The number of carbonyl (C=O) groups is 3. The molecule has 11 heteroatoms. The highest BCUT2D eigenvalue weighted by Crippen LogP contribution is 2.35. The van der Waals surface area contributed by atoms with Crippen molar-refractivity contribution >= 4 is 35.0 Å². The third kappa shape index (κ3) is 7.12. The van der Waals surface area contributed by atoms with Gasteiger partial charge in [-0.1, -0.05) is 18.9 Å². The summed E-state index contributed by atoms with van der Waals surface area (Å²) in [7, 11) is 3.29. The predicted molar refractivity (Wildman–Crippen MR) is 151 cm³/mol. The molecule has 2 aliphatic rings. The summed E-state index contributed by atoms with van der Waals surface area (Å²) >= 11 is 0. The standard InChI is InChI=1S/C30H37F3N4O4/c1-29(2,3)41-28(40)37(5)24-9-7-6-8-22(24)35-23-16-19(30(31,32)33)12-14-21(23)27(39)34-20-13-10-18-11-15-26(38)36(4)25(18)17-20/h10,12-14,16-17,22,24,35H,6-9,11,15H2,1-5H3,(H,34,39)/t22-,24-/m0/s1. The number of fused-ring (bicyclic) bond motifs is 1. The average Bonchev–Trinajstić information content (AvgIpc) is 2.89. The van der Waals surface area contributed by atoms with Gasteiger partial charge in [0, 0.05) is 43.6 Å². The molecule has 3 amide bonds. The zero-order valence-electron chi connectivity index (χ0n) is 24.0. The Bertz CT molecular complexity index is 1320. The zero-order valence-corrected chi connectivity index (χ0v) is 24.0. The van der Waals surface area contributed by atoms with E-state index in [-0.39, 0.29) is 23.2 Å². The number of hydrogen-bond donors (Lipinski definition) is 2. The van der Waals surface area contributed by atoms with Gasteiger partial charge in [-0.15, -0.1) is 0 Å². The maximum absolute atomic E-state index is 13.7. The zero-order chi connectivity index (χ0) is 30.1. The van der Waals surface area contributed by atoms with Gasteiger partial charge in [-0.05, 0) is 75.9 Å². The quantitative estimate of drug-likeness (QED) is 0.428. The summed E-state index contributed by atoms with van der Waals surface area (Å²) < 4.78 is 46.6. The Morgan fingerprint density at radius 3 is 2.41 bits per heavy atom. The summed E-state index contributed by atoms with van der Waals surface area (Å²) in [4.78, 5) is 41.4. The molecule has 0 radical (unpaired) electrons. The molecule has 4 rings (SSSR count). The number of carbonyl (C=O) groups excluding carboxylic acids is 3. The van der Waals surface area contributed by atoms with Crippen LogP contribution in [0.4, 0.5) is 35.0 Å². The number of amides is 3. The van der Waals surface area contributed by atoms with Crippen molar-refractivity contribution < 1.29 is 32.3 Å². The van der Waals surface area contributed by atoms with Crippen molar-refractivity contribution in [3.63, 3.8) is 0 Å². The number of halogens is 3. The van der Waals surface area contributed by atoms with Crippen molar-refractivity contribution in [2.75, 3.05) is 29.6 Å². The maximum atomic E-state index is 13.7. The first kappa shape index (κ1) is 30.2. The highest BCUT2D eigenvalue weighted by molar-refractivity contribution is 6.08. The normalized spacial score (nSPS) is 19.3. The van der Waals surface area contributed by atoms with Crippen molar-refractivity contribution in [1.82, 2.24) is 4.90 Å². The fourth-order valence-corrected chi connectivity index (χ4v) is 5.36. The molecule has 0 aromatic heterocycles. The maximum Gasteiger partial charge on any atom is 0.416 e. The summed E-state index contributed by atoms with van der Waals surface area (Å²) in [5.74, 6) is -0.632. The summed E-state index contributed by atoms with van der Waals surface area (Å²) in [6, 6.07) is 7.46. The number of aryl methyl sites for hydroxylation is 1. The lowest BCUT2D eigenvalue weighted by Crippen LogP contribution is -2.50. The lowest BCUT2D eigenvalue weighted by Gasteiger charge is -2.39. The van der Waals surface area contributed by atoms with Crippen molar-refractivity contribution in [2.24, 2.45) is 0 Å². The minimum atomic E-state index is -4.61. The number of nitrogens with one attached hydrogen (secondary N) is 2. The van der Waals surface area contributed by atoms with E-state index in [0.29, 0.717) is 37.1 Å². The van der Waals surface area contributed by atoms with Gasteiger partial charge in [0.15, 0.2) is 0 Å². The summed E-state index contributed by atoms with van der Waals surface area (Å²) in [6.45, 7) is 5.30. The molecule has 8 nitrogen and oxygen atoms in total. The first-order valence-corrected chi connectivity index (χ1v) is 13.8. The van der Waals surface area contributed by atoms with E-state index >= 15 is 0 Å². The van der Waals surface area contributed by atoms with Gasteiger partial charge in [-0.2, -0.15) is 13.2 Å². The molecule has 0 saturated heterocycles. The van der Waals surface area contributed by atoms with E-state index in [1.54, 1.807) is 47.0 Å². The van der Waals surface area contributed by atoms with Gasteiger partial charge in [-0.25, -0.2) is 4.79 Å². The molecule has 1 fully saturated rings. The molecule has 2 aromatic carbocycles. The van der Waals surface area contributed by atoms with E-state index < -0.39 is 35.4 Å². The van der Waals surface area contributed by atoms with Crippen LogP contribution in [0.2, 0.25) is 0 Å². The summed E-state index contributed by atoms with van der Waals surface area (Å²) in [6.07, 6.45) is -1.23. The second-order valence-electron chi connectivity index (χ2n) is 11.7. The SMILES string of the molecule is CN1C(=O)CCc2ccc(NC(=O)c3ccc(C(F)(F)F)cc3N[C@H]3CCCC[C@@H]3N(C)C(=O)OC(C)(C)C)cc21. The van der Waals surface area contributed by atoms with E-state index in [9.17, 15) is 27.6 Å². The van der Waals surface area contributed by atoms with Crippen molar-refractivity contribution in [3.05, 3.63) is 53.1 Å². The smallest absolute Gasteiger partial charge is 0.416 e. The van der Waals surface area contributed by atoms with Crippen LogP contribution in [-0.2, 0) is 22.1 Å². The lowest BCUT2D eigenvalue weighted by atomic mass is 9.89. The van der Waals surface area contributed by atoms with Crippen LogP contribution in [0.25, 0.3) is 0 Å². The van der Waals surface area contributed by atoms with Gasteiger partial charge in [0.1, 0.15) is 5.60 Å². The molecule has 2 N–H and O–H groups in total. The van der Waals surface area contributed by atoms with Crippen LogP contribution in [0.3, 0.4) is 0 Å². The van der Waals surface area contributed by atoms with Crippen LogP contribution in [0.5, 0.6) is 0 Å². The van der Waals surface area contributed by atoms with Gasteiger partial charge in [-0.3, -0.25) is 9.59 Å². The molecule has 2 aromatic rings. The van der Waals surface area contributed by atoms with Crippen LogP contribution in [0, 0.1) is 0 Å². The second-order valence-corrected chi connectivity index (χ2v) is 11.7. The van der Waals surface area contributed by atoms with Crippen LogP contribution in [-0.4, -0.2) is 54.6 Å². The Morgan fingerprint density at radius 2 is 1.73 bits per heavy atom. The number of nitrogens with zero attached hydrogens (tertiary/aromatic N) is 2. The molecule has 1 saturated carbocycles. The summed E-state index contributed by atoms with van der Waals surface area (Å²) in [5, 5.41) is 5.95. The number of rotatable bonds is 5. The number of anilines is 3. The lowest BCUT2D eigenvalue weighted by molar-refractivity contribution is -0.137. The molecule has 222 valence electrons. The molecule has 0 bridgehead atoms. The highest BCUT2D eigenvalue weighted by Gasteiger charge is 2.35. The van der Waals surface area contributed by atoms with E-state index in [1.165, 1.54) is 9.80 Å². The molecular formula is C30H37F3N4O4. The summed E-state index contributed by atoms with van der Waals surface area (Å²) in [5.41, 5.74) is 0.536. The number of alkyl halides is 3. The molecule has 1 heterocycles. The fourth-order valence-electron chi connectivity index (χ4n) is 5.36. The third-order valence-corrected chi connectivity index (χ3v) is 7.53. The van der Waals surface area contributed by atoms with Gasteiger partial charge < -0.3 is 25.2 Å². The van der Waals surface area contributed by atoms with Crippen LogP contribution in [0.1, 0.15) is 74.4 Å². The van der Waals surface area contributed by atoms with Crippen LogP contribution < -0.4 is 15.5 Å². The fraction of sp³-hybridized carbons (Fsp3) is 0.500. The number of likely N-dealkylation sites (N-methyl/N-ethyl adjacent to an activating group) is 1.